The highest BCUT2D eigenvalue weighted by atomic mass is 19.1. The van der Waals surface area contributed by atoms with Gasteiger partial charge in [-0.15, -0.1) is 0 Å². The third kappa shape index (κ3) is 4.58. The van der Waals surface area contributed by atoms with Crippen LogP contribution in [0, 0.1) is 23.5 Å². The number of para-hydroxylation sites is 1. The standard InChI is InChI=1S/C19H23F2N3O4/c1-2-28-19(27)24-8-6-11(7-9-24)22-17(25)12-10-13(12)18(26)23-16-14(20)4-3-5-15(16)21/h3-5,11-13H,2,6-10H2,1H3,(H,22,25)(H,23,26). The van der Waals surface area contributed by atoms with E-state index in [1.807, 2.05) is 0 Å². The van der Waals surface area contributed by atoms with E-state index in [4.69, 9.17) is 4.74 Å². The van der Waals surface area contributed by atoms with E-state index in [0.717, 1.165) is 12.1 Å². The molecule has 0 aromatic heterocycles. The van der Waals surface area contributed by atoms with Crippen molar-refractivity contribution in [1.82, 2.24) is 10.2 Å². The van der Waals surface area contributed by atoms with Gasteiger partial charge in [0, 0.05) is 19.1 Å². The quantitative estimate of drug-likeness (QED) is 0.801. The van der Waals surface area contributed by atoms with E-state index in [1.165, 1.54) is 6.07 Å². The average molecular weight is 395 g/mol. The van der Waals surface area contributed by atoms with Gasteiger partial charge in [0.25, 0.3) is 0 Å². The van der Waals surface area contributed by atoms with E-state index in [2.05, 4.69) is 10.6 Å². The van der Waals surface area contributed by atoms with Gasteiger partial charge in [-0.2, -0.15) is 0 Å². The molecular formula is C19H23F2N3O4. The van der Waals surface area contributed by atoms with Gasteiger partial charge >= 0.3 is 6.09 Å². The molecule has 2 aliphatic rings. The third-order valence-electron chi connectivity index (χ3n) is 5.04. The van der Waals surface area contributed by atoms with Crippen LogP contribution in [0.2, 0.25) is 0 Å². The molecule has 3 amide bonds. The summed E-state index contributed by atoms with van der Waals surface area (Å²) in [6.07, 6.45) is 1.20. The van der Waals surface area contributed by atoms with E-state index in [0.29, 0.717) is 39.0 Å². The lowest BCUT2D eigenvalue weighted by Crippen LogP contribution is -2.47. The second-order valence-corrected chi connectivity index (χ2v) is 7.00. The molecule has 1 heterocycles. The number of anilines is 1. The van der Waals surface area contributed by atoms with E-state index >= 15 is 0 Å². The molecule has 1 aromatic rings. The zero-order chi connectivity index (χ0) is 20.3. The molecule has 1 aromatic carbocycles. The molecule has 0 bridgehead atoms. The minimum absolute atomic E-state index is 0.0773. The summed E-state index contributed by atoms with van der Waals surface area (Å²) in [4.78, 5) is 37.8. The highest BCUT2D eigenvalue weighted by molar-refractivity contribution is 5.99. The third-order valence-corrected chi connectivity index (χ3v) is 5.04. The number of halogens is 2. The topological polar surface area (TPSA) is 87.7 Å². The summed E-state index contributed by atoms with van der Waals surface area (Å²) in [5.41, 5.74) is -0.495. The zero-order valence-electron chi connectivity index (χ0n) is 15.5. The average Bonchev–Trinajstić information content (AvgIpc) is 3.46. The zero-order valence-corrected chi connectivity index (χ0v) is 15.5. The molecule has 3 rings (SSSR count). The SMILES string of the molecule is CCOC(=O)N1CCC(NC(=O)C2CC2C(=O)Nc2c(F)cccc2F)CC1. The summed E-state index contributed by atoms with van der Waals surface area (Å²) in [5, 5.41) is 5.13. The Bertz CT molecular complexity index is 745. The molecule has 7 nitrogen and oxygen atoms in total. The maximum absolute atomic E-state index is 13.6. The Balaban J connectivity index is 1.45. The summed E-state index contributed by atoms with van der Waals surface area (Å²) in [5.74, 6) is -3.63. The number of carbonyl (C=O) groups is 3. The number of hydrogen-bond donors (Lipinski definition) is 2. The van der Waals surface area contributed by atoms with Crippen LogP contribution in [0.15, 0.2) is 18.2 Å². The Morgan fingerprint density at radius 2 is 1.71 bits per heavy atom. The number of nitrogens with one attached hydrogen (secondary N) is 2. The smallest absolute Gasteiger partial charge is 0.409 e. The largest absolute Gasteiger partial charge is 0.450 e. The van der Waals surface area contributed by atoms with Crippen LogP contribution >= 0.6 is 0 Å². The Morgan fingerprint density at radius 3 is 2.32 bits per heavy atom. The minimum atomic E-state index is -0.858. The number of nitrogens with zero attached hydrogens (tertiary/aromatic N) is 1. The monoisotopic (exact) mass is 395 g/mol. The second-order valence-electron chi connectivity index (χ2n) is 7.00. The van der Waals surface area contributed by atoms with E-state index in [1.54, 1.807) is 11.8 Å². The van der Waals surface area contributed by atoms with Crippen molar-refractivity contribution in [2.45, 2.75) is 32.2 Å². The Labute approximate surface area is 161 Å². The van der Waals surface area contributed by atoms with Gasteiger partial charge in [0.05, 0.1) is 18.4 Å². The lowest BCUT2D eigenvalue weighted by atomic mass is 10.1. The fourth-order valence-corrected chi connectivity index (χ4v) is 3.34. The molecule has 1 saturated heterocycles. The number of hydrogen-bond acceptors (Lipinski definition) is 4. The number of rotatable bonds is 5. The summed E-state index contributed by atoms with van der Waals surface area (Å²) in [7, 11) is 0. The highest BCUT2D eigenvalue weighted by Crippen LogP contribution is 2.40. The normalized spacial score (nSPS) is 21.8. The lowest BCUT2D eigenvalue weighted by molar-refractivity contribution is -0.126. The molecular weight excluding hydrogens is 372 g/mol. The first-order valence-corrected chi connectivity index (χ1v) is 9.37. The summed E-state index contributed by atoms with van der Waals surface area (Å²) >= 11 is 0. The van der Waals surface area contributed by atoms with Crippen LogP contribution in [-0.4, -0.2) is 48.5 Å². The molecule has 1 saturated carbocycles. The van der Waals surface area contributed by atoms with Crippen LogP contribution in [0.25, 0.3) is 0 Å². The van der Waals surface area contributed by atoms with Gasteiger partial charge in [-0.05, 0) is 38.3 Å². The maximum Gasteiger partial charge on any atom is 0.409 e. The number of likely N-dealkylation sites (tertiary alicyclic amines) is 1. The van der Waals surface area contributed by atoms with E-state index in [9.17, 15) is 23.2 Å². The molecule has 1 aliphatic heterocycles. The van der Waals surface area contributed by atoms with Crippen molar-refractivity contribution >= 4 is 23.6 Å². The van der Waals surface area contributed by atoms with Crippen molar-refractivity contribution in [3.8, 4) is 0 Å². The van der Waals surface area contributed by atoms with Gasteiger partial charge in [-0.3, -0.25) is 9.59 Å². The van der Waals surface area contributed by atoms with Crippen LogP contribution in [-0.2, 0) is 14.3 Å². The van der Waals surface area contributed by atoms with Crippen LogP contribution in [0.1, 0.15) is 26.2 Å². The predicted molar refractivity (Wildman–Crippen MR) is 96.3 cm³/mol. The van der Waals surface area contributed by atoms with Crippen LogP contribution in [0.3, 0.4) is 0 Å². The van der Waals surface area contributed by atoms with Gasteiger partial charge in [-0.25, -0.2) is 13.6 Å². The van der Waals surface area contributed by atoms with Gasteiger partial charge in [0.15, 0.2) is 0 Å². The van der Waals surface area contributed by atoms with Gasteiger partial charge in [0.1, 0.15) is 17.3 Å². The molecule has 9 heteroatoms. The van der Waals surface area contributed by atoms with Gasteiger partial charge in [0.2, 0.25) is 11.8 Å². The number of amides is 3. The van der Waals surface area contributed by atoms with Gasteiger partial charge in [-0.1, -0.05) is 6.07 Å². The van der Waals surface area contributed by atoms with Gasteiger partial charge < -0.3 is 20.3 Å². The minimum Gasteiger partial charge on any atom is -0.450 e. The summed E-state index contributed by atoms with van der Waals surface area (Å²) in [6.45, 7) is 3.04. The first-order valence-electron chi connectivity index (χ1n) is 9.37. The van der Waals surface area contributed by atoms with Crippen molar-refractivity contribution in [2.75, 3.05) is 25.0 Å². The number of carbonyl (C=O) groups excluding carboxylic acids is 3. The molecule has 28 heavy (non-hydrogen) atoms. The molecule has 0 radical (unpaired) electrons. The fraction of sp³-hybridized carbons (Fsp3) is 0.526. The van der Waals surface area contributed by atoms with Crippen molar-refractivity contribution < 1.29 is 27.9 Å². The predicted octanol–water partition coefficient (Wildman–Crippen LogP) is 2.28. The highest BCUT2D eigenvalue weighted by Gasteiger charge is 2.48. The van der Waals surface area contributed by atoms with Crippen molar-refractivity contribution in [3.05, 3.63) is 29.8 Å². The summed E-state index contributed by atoms with van der Waals surface area (Å²) in [6, 6.07) is 3.24. The second kappa shape index (κ2) is 8.53. The Kier molecular flexibility index (Phi) is 6.11. The van der Waals surface area contributed by atoms with Crippen LogP contribution in [0.4, 0.5) is 19.3 Å². The molecule has 152 valence electrons. The molecule has 0 spiro atoms. The number of ether oxygens (including phenoxy) is 1. The number of piperidine rings is 1. The maximum atomic E-state index is 13.6. The first-order chi connectivity index (χ1) is 13.4. The van der Waals surface area contributed by atoms with E-state index in [-0.39, 0.29) is 18.0 Å². The van der Waals surface area contributed by atoms with Crippen LogP contribution in [0.5, 0.6) is 0 Å². The Morgan fingerprint density at radius 1 is 1.11 bits per heavy atom. The van der Waals surface area contributed by atoms with Crippen molar-refractivity contribution in [3.63, 3.8) is 0 Å². The van der Waals surface area contributed by atoms with E-state index < -0.39 is 35.1 Å². The first kappa shape index (κ1) is 20.0. The molecule has 2 unspecified atom stereocenters. The Hall–Kier alpha value is -2.71. The fourth-order valence-electron chi connectivity index (χ4n) is 3.34. The lowest BCUT2D eigenvalue weighted by Gasteiger charge is -2.31. The summed E-state index contributed by atoms with van der Waals surface area (Å²) < 4.78 is 32.2. The molecule has 1 aliphatic carbocycles. The molecule has 2 atom stereocenters. The molecule has 2 N–H and O–H groups in total. The van der Waals surface area contributed by atoms with Crippen LogP contribution < -0.4 is 10.6 Å². The number of benzene rings is 1. The van der Waals surface area contributed by atoms with Crippen molar-refractivity contribution in [2.24, 2.45) is 11.8 Å². The molecule has 2 fully saturated rings. The van der Waals surface area contributed by atoms with Crippen molar-refractivity contribution in [1.29, 1.82) is 0 Å².